The third-order valence-corrected chi connectivity index (χ3v) is 6.63. The molecule has 1 N–H and O–H groups in total. The van der Waals surface area contributed by atoms with E-state index in [0.29, 0.717) is 28.1 Å². The molecule has 0 bridgehead atoms. The fourth-order valence-corrected chi connectivity index (χ4v) is 4.60. The molecule has 0 heterocycles. The van der Waals surface area contributed by atoms with Crippen molar-refractivity contribution in [2.24, 2.45) is 0 Å². The van der Waals surface area contributed by atoms with Crippen LogP contribution in [-0.4, -0.2) is 27.5 Å². The van der Waals surface area contributed by atoms with Gasteiger partial charge in [-0.05, 0) is 55.5 Å². The molecule has 0 unspecified atom stereocenters. The van der Waals surface area contributed by atoms with Crippen molar-refractivity contribution >= 4 is 50.5 Å². The number of para-hydroxylation sites is 3. The number of rotatable bonds is 8. The Hall–Kier alpha value is -2.74. The highest BCUT2D eigenvalue weighted by Crippen LogP contribution is 2.33. The van der Waals surface area contributed by atoms with Crippen LogP contribution in [0, 0.1) is 0 Å². The molecule has 6 nitrogen and oxygen atoms in total. The zero-order valence-electron chi connectivity index (χ0n) is 16.6. The molecular weight excluding hydrogens is 459 g/mol. The van der Waals surface area contributed by atoms with Crippen LogP contribution >= 0.6 is 23.2 Å². The van der Waals surface area contributed by atoms with E-state index in [4.69, 9.17) is 27.9 Å². The summed E-state index contributed by atoms with van der Waals surface area (Å²) in [5.74, 6) is -0.218. The minimum Gasteiger partial charge on any atom is -0.492 e. The monoisotopic (exact) mass is 478 g/mol. The zero-order chi connectivity index (χ0) is 22.4. The third kappa shape index (κ3) is 5.50. The highest BCUT2D eigenvalue weighted by molar-refractivity contribution is 7.92. The fraction of sp³-hybridized carbons (Fsp3) is 0.136. The number of hydrogen-bond donors (Lipinski definition) is 1. The molecule has 31 heavy (non-hydrogen) atoms. The van der Waals surface area contributed by atoms with Crippen LogP contribution in [0.2, 0.25) is 10.0 Å². The van der Waals surface area contributed by atoms with Gasteiger partial charge < -0.3 is 10.1 Å². The molecule has 0 fully saturated rings. The molecule has 162 valence electrons. The van der Waals surface area contributed by atoms with Crippen molar-refractivity contribution in [3.05, 3.63) is 82.8 Å². The topological polar surface area (TPSA) is 75.7 Å². The van der Waals surface area contributed by atoms with Gasteiger partial charge >= 0.3 is 0 Å². The molecule has 3 aromatic rings. The average molecular weight is 479 g/mol. The third-order valence-electron chi connectivity index (χ3n) is 4.27. The van der Waals surface area contributed by atoms with Gasteiger partial charge in [-0.2, -0.15) is 0 Å². The van der Waals surface area contributed by atoms with Crippen molar-refractivity contribution in [1.82, 2.24) is 0 Å². The first-order valence-electron chi connectivity index (χ1n) is 9.37. The van der Waals surface area contributed by atoms with Crippen molar-refractivity contribution < 1.29 is 17.9 Å². The predicted molar refractivity (Wildman–Crippen MR) is 124 cm³/mol. The normalized spacial score (nSPS) is 11.1. The number of halogens is 2. The molecule has 0 saturated heterocycles. The Labute approximate surface area is 191 Å². The van der Waals surface area contributed by atoms with E-state index in [9.17, 15) is 13.2 Å². The van der Waals surface area contributed by atoms with Gasteiger partial charge in [0.25, 0.3) is 10.0 Å². The first-order chi connectivity index (χ1) is 14.8. The van der Waals surface area contributed by atoms with Crippen LogP contribution < -0.4 is 14.4 Å². The number of amides is 1. The Morgan fingerprint density at radius 2 is 1.61 bits per heavy atom. The van der Waals surface area contributed by atoms with Crippen molar-refractivity contribution in [3.63, 3.8) is 0 Å². The minimum atomic E-state index is -4.11. The van der Waals surface area contributed by atoms with Crippen molar-refractivity contribution in [2.75, 3.05) is 22.8 Å². The molecular formula is C22H20Cl2N2O4S. The predicted octanol–water partition coefficient (Wildman–Crippen LogP) is 5.23. The summed E-state index contributed by atoms with van der Waals surface area (Å²) in [5, 5.41) is 3.40. The Morgan fingerprint density at radius 1 is 0.968 bits per heavy atom. The van der Waals surface area contributed by atoms with Gasteiger partial charge in [-0.1, -0.05) is 47.5 Å². The van der Waals surface area contributed by atoms with Gasteiger partial charge in [-0.25, -0.2) is 8.42 Å². The molecule has 0 spiro atoms. The van der Waals surface area contributed by atoms with E-state index >= 15 is 0 Å². The first-order valence-corrected chi connectivity index (χ1v) is 11.6. The average Bonchev–Trinajstić information content (AvgIpc) is 2.75. The second-order valence-corrected chi connectivity index (χ2v) is 9.10. The lowest BCUT2D eigenvalue weighted by Gasteiger charge is -2.26. The summed E-state index contributed by atoms with van der Waals surface area (Å²) in [5.41, 5.74) is 0.629. The summed E-state index contributed by atoms with van der Waals surface area (Å²) in [4.78, 5) is 12.8. The Balaban J connectivity index is 2.01. The SMILES string of the molecule is CCOc1ccccc1N(CC(=O)Nc1ccccc1Cl)S(=O)(=O)c1ccc(Cl)cc1. The Kier molecular flexibility index (Phi) is 7.43. The number of sulfonamides is 1. The molecule has 0 atom stereocenters. The molecule has 0 saturated carbocycles. The van der Waals surface area contributed by atoms with Crippen LogP contribution in [0.1, 0.15) is 6.92 Å². The lowest BCUT2D eigenvalue weighted by atomic mass is 10.3. The van der Waals surface area contributed by atoms with Gasteiger partial charge in [0.05, 0.1) is 27.9 Å². The van der Waals surface area contributed by atoms with Gasteiger partial charge in [0, 0.05) is 5.02 Å². The number of hydrogen-bond acceptors (Lipinski definition) is 4. The quantitative estimate of drug-likeness (QED) is 0.480. The molecule has 0 aliphatic rings. The van der Waals surface area contributed by atoms with E-state index in [1.165, 1.54) is 24.3 Å². The summed E-state index contributed by atoms with van der Waals surface area (Å²) in [6, 6.07) is 19.1. The molecule has 9 heteroatoms. The Bertz CT molecular complexity index is 1170. The van der Waals surface area contributed by atoms with E-state index in [0.717, 1.165) is 4.31 Å². The summed E-state index contributed by atoms with van der Waals surface area (Å²) < 4.78 is 33.6. The number of benzene rings is 3. The number of carbonyl (C=O) groups is 1. The van der Waals surface area contributed by atoms with E-state index in [-0.39, 0.29) is 10.6 Å². The number of nitrogens with one attached hydrogen (secondary N) is 1. The second kappa shape index (κ2) is 10.0. The van der Waals surface area contributed by atoms with Gasteiger partial charge in [-0.15, -0.1) is 0 Å². The lowest BCUT2D eigenvalue weighted by molar-refractivity contribution is -0.114. The van der Waals surface area contributed by atoms with Crippen LogP contribution in [0.4, 0.5) is 11.4 Å². The molecule has 3 rings (SSSR count). The standard InChI is InChI=1S/C22H20Cl2N2O4S/c1-2-30-21-10-6-5-9-20(21)26(31(28,29)17-13-11-16(23)12-14-17)15-22(27)25-19-8-4-3-7-18(19)24/h3-14H,2,15H2,1H3,(H,25,27). The summed E-state index contributed by atoms with van der Waals surface area (Å²) >= 11 is 12.0. The number of nitrogens with zero attached hydrogens (tertiary/aromatic N) is 1. The maximum absolute atomic E-state index is 13.5. The molecule has 1 amide bonds. The molecule has 0 aliphatic heterocycles. The fourth-order valence-electron chi connectivity index (χ4n) is 2.86. The van der Waals surface area contributed by atoms with Crippen molar-refractivity contribution in [1.29, 1.82) is 0 Å². The lowest BCUT2D eigenvalue weighted by Crippen LogP contribution is -2.38. The van der Waals surface area contributed by atoms with Gasteiger partial charge in [0.1, 0.15) is 12.3 Å². The van der Waals surface area contributed by atoms with E-state index in [2.05, 4.69) is 5.32 Å². The van der Waals surface area contributed by atoms with Crippen LogP contribution in [0.25, 0.3) is 0 Å². The van der Waals surface area contributed by atoms with Crippen LogP contribution in [0.3, 0.4) is 0 Å². The van der Waals surface area contributed by atoms with Crippen LogP contribution in [0.5, 0.6) is 5.75 Å². The minimum absolute atomic E-state index is 0.00579. The maximum atomic E-state index is 13.5. The summed E-state index contributed by atoms with van der Waals surface area (Å²) in [7, 11) is -4.11. The molecule has 3 aromatic carbocycles. The molecule has 0 aromatic heterocycles. The smallest absolute Gasteiger partial charge is 0.264 e. The Morgan fingerprint density at radius 3 is 2.29 bits per heavy atom. The van der Waals surface area contributed by atoms with E-state index in [1.54, 1.807) is 55.5 Å². The number of carbonyl (C=O) groups excluding carboxylic acids is 1. The van der Waals surface area contributed by atoms with Gasteiger partial charge in [-0.3, -0.25) is 9.10 Å². The molecule has 0 aliphatic carbocycles. The van der Waals surface area contributed by atoms with Crippen LogP contribution in [-0.2, 0) is 14.8 Å². The largest absolute Gasteiger partial charge is 0.492 e. The first kappa shape index (κ1) is 22.9. The highest BCUT2D eigenvalue weighted by atomic mass is 35.5. The van der Waals surface area contributed by atoms with Gasteiger partial charge in [0.2, 0.25) is 5.91 Å². The number of anilines is 2. The van der Waals surface area contributed by atoms with Crippen molar-refractivity contribution in [2.45, 2.75) is 11.8 Å². The maximum Gasteiger partial charge on any atom is 0.264 e. The van der Waals surface area contributed by atoms with E-state index in [1.807, 2.05) is 0 Å². The summed E-state index contributed by atoms with van der Waals surface area (Å²) in [6.45, 7) is 1.64. The second-order valence-electron chi connectivity index (χ2n) is 6.39. The highest BCUT2D eigenvalue weighted by Gasteiger charge is 2.29. The summed E-state index contributed by atoms with van der Waals surface area (Å²) in [6.07, 6.45) is 0. The molecule has 0 radical (unpaired) electrons. The van der Waals surface area contributed by atoms with E-state index < -0.39 is 22.5 Å². The van der Waals surface area contributed by atoms with Crippen LogP contribution in [0.15, 0.2) is 77.7 Å². The zero-order valence-corrected chi connectivity index (χ0v) is 18.9. The van der Waals surface area contributed by atoms with Gasteiger partial charge in [0.15, 0.2) is 0 Å². The number of ether oxygens (including phenoxy) is 1. The van der Waals surface area contributed by atoms with Crippen molar-refractivity contribution in [3.8, 4) is 5.75 Å².